The van der Waals surface area contributed by atoms with Gasteiger partial charge in [-0.25, -0.2) is 0 Å². The van der Waals surface area contributed by atoms with Gasteiger partial charge in [0, 0.05) is 6.54 Å². The second-order valence-corrected chi connectivity index (χ2v) is 5.26. The molecule has 0 aromatic rings. The highest BCUT2D eigenvalue weighted by molar-refractivity contribution is 5.77. The van der Waals surface area contributed by atoms with Crippen molar-refractivity contribution in [3.63, 3.8) is 0 Å². The van der Waals surface area contributed by atoms with Crippen molar-refractivity contribution in [1.82, 2.24) is 5.32 Å². The van der Waals surface area contributed by atoms with E-state index in [-0.39, 0.29) is 0 Å². The zero-order valence-electron chi connectivity index (χ0n) is 9.67. The second kappa shape index (κ2) is 4.34. The summed E-state index contributed by atoms with van der Waals surface area (Å²) in [6, 6.07) is 0. The Kier molecular flexibility index (Phi) is 3.22. The van der Waals surface area contributed by atoms with Gasteiger partial charge in [0.2, 0.25) is 0 Å². The van der Waals surface area contributed by atoms with Crippen LogP contribution in [0, 0.1) is 5.41 Å². The molecule has 4 nitrogen and oxygen atoms in total. The summed E-state index contributed by atoms with van der Waals surface area (Å²) in [6.45, 7) is 1.28. The van der Waals surface area contributed by atoms with E-state index in [0.717, 1.165) is 32.2 Å². The van der Waals surface area contributed by atoms with Gasteiger partial charge in [-0.3, -0.25) is 4.79 Å². The summed E-state index contributed by atoms with van der Waals surface area (Å²) in [5, 5.41) is 23.3. The molecule has 4 heteroatoms. The topological polar surface area (TPSA) is 69.6 Å². The molecule has 92 valence electrons. The first-order valence-electron chi connectivity index (χ1n) is 6.27. The standard InChI is InChI=1S/C12H21NO3/c14-10(15)11(5-4-8-13-9-11)12(16)6-2-1-3-7-12/h13,16H,1-9H2,(H,14,15). The Morgan fingerprint density at radius 3 is 2.25 bits per heavy atom. The smallest absolute Gasteiger partial charge is 0.313 e. The van der Waals surface area contributed by atoms with Crippen molar-refractivity contribution in [2.45, 2.75) is 50.5 Å². The van der Waals surface area contributed by atoms with Crippen LogP contribution in [0.15, 0.2) is 0 Å². The molecule has 2 aliphatic rings. The predicted octanol–water partition coefficient (Wildman–Crippen LogP) is 1.14. The SMILES string of the molecule is O=C(O)C1(C2(O)CCCCC2)CCCNC1. The quantitative estimate of drug-likeness (QED) is 0.661. The lowest BCUT2D eigenvalue weighted by molar-refractivity contribution is -0.178. The van der Waals surface area contributed by atoms with Gasteiger partial charge >= 0.3 is 5.97 Å². The summed E-state index contributed by atoms with van der Waals surface area (Å²) in [5.41, 5.74) is -1.95. The lowest BCUT2D eigenvalue weighted by Gasteiger charge is -2.48. The van der Waals surface area contributed by atoms with Gasteiger partial charge in [0.05, 0.1) is 5.60 Å². The third kappa shape index (κ3) is 1.74. The molecule has 0 aromatic heterocycles. The molecule has 1 saturated heterocycles. The van der Waals surface area contributed by atoms with Crippen LogP contribution < -0.4 is 5.32 Å². The number of nitrogens with one attached hydrogen (secondary N) is 1. The van der Waals surface area contributed by atoms with Gasteiger partial charge in [-0.15, -0.1) is 0 Å². The Morgan fingerprint density at radius 1 is 1.06 bits per heavy atom. The van der Waals surface area contributed by atoms with E-state index >= 15 is 0 Å². The van der Waals surface area contributed by atoms with Crippen molar-refractivity contribution >= 4 is 5.97 Å². The van der Waals surface area contributed by atoms with E-state index < -0.39 is 17.0 Å². The number of aliphatic hydroxyl groups is 1. The van der Waals surface area contributed by atoms with E-state index in [0.29, 0.717) is 25.8 Å². The number of hydrogen-bond acceptors (Lipinski definition) is 3. The van der Waals surface area contributed by atoms with E-state index in [2.05, 4.69) is 5.32 Å². The summed E-state index contributed by atoms with van der Waals surface area (Å²) in [6.07, 6.45) is 5.74. The maximum atomic E-state index is 11.6. The molecular formula is C12H21NO3. The summed E-state index contributed by atoms with van der Waals surface area (Å²) in [5.74, 6) is -0.830. The monoisotopic (exact) mass is 227 g/mol. The van der Waals surface area contributed by atoms with Crippen LogP contribution in [0.4, 0.5) is 0 Å². The minimum absolute atomic E-state index is 0.416. The van der Waals surface area contributed by atoms with Crippen LogP contribution in [0.1, 0.15) is 44.9 Å². The summed E-state index contributed by atoms with van der Waals surface area (Å²) < 4.78 is 0. The maximum Gasteiger partial charge on any atom is 0.313 e. The van der Waals surface area contributed by atoms with E-state index in [4.69, 9.17) is 0 Å². The largest absolute Gasteiger partial charge is 0.481 e. The maximum absolute atomic E-state index is 11.6. The van der Waals surface area contributed by atoms with Gasteiger partial charge in [0.1, 0.15) is 5.41 Å². The number of rotatable bonds is 2. The van der Waals surface area contributed by atoms with Gasteiger partial charge in [0.25, 0.3) is 0 Å². The number of hydrogen-bond donors (Lipinski definition) is 3. The van der Waals surface area contributed by atoms with Crippen LogP contribution in [0.3, 0.4) is 0 Å². The van der Waals surface area contributed by atoms with Crippen molar-refractivity contribution < 1.29 is 15.0 Å². The molecule has 0 bridgehead atoms. The van der Waals surface area contributed by atoms with Gasteiger partial charge in [0.15, 0.2) is 0 Å². The molecule has 1 heterocycles. The van der Waals surface area contributed by atoms with Gasteiger partial charge < -0.3 is 15.5 Å². The molecule has 1 atom stereocenters. The molecular weight excluding hydrogens is 206 g/mol. The Hall–Kier alpha value is -0.610. The summed E-state index contributed by atoms with van der Waals surface area (Å²) >= 11 is 0. The van der Waals surface area contributed by atoms with Gasteiger partial charge in [-0.05, 0) is 32.2 Å². The van der Waals surface area contributed by atoms with Crippen molar-refractivity contribution in [2.75, 3.05) is 13.1 Å². The zero-order chi connectivity index (χ0) is 11.6. The third-order valence-electron chi connectivity index (χ3n) is 4.36. The minimum Gasteiger partial charge on any atom is -0.481 e. The van der Waals surface area contributed by atoms with Crippen LogP contribution in [0.25, 0.3) is 0 Å². The van der Waals surface area contributed by atoms with Crippen LogP contribution >= 0.6 is 0 Å². The van der Waals surface area contributed by atoms with Crippen LogP contribution in [0.2, 0.25) is 0 Å². The zero-order valence-corrected chi connectivity index (χ0v) is 9.67. The molecule has 2 rings (SSSR count). The molecule has 2 fully saturated rings. The van der Waals surface area contributed by atoms with Gasteiger partial charge in [-0.2, -0.15) is 0 Å². The fraction of sp³-hybridized carbons (Fsp3) is 0.917. The minimum atomic E-state index is -0.996. The first-order chi connectivity index (χ1) is 7.61. The Bertz CT molecular complexity index is 265. The lowest BCUT2D eigenvalue weighted by atomic mass is 9.62. The van der Waals surface area contributed by atoms with E-state index in [9.17, 15) is 15.0 Å². The van der Waals surface area contributed by atoms with Crippen LogP contribution in [0.5, 0.6) is 0 Å². The van der Waals surface area contributed by atoms with Crippen molar-refractivity contribution in [3.8, 4) is 0 Å². The molecule has 1 unspecified atom stereocenters. The van der Waals surface area contributed by atoms with Crippen LogP contribution in [-0.2, 0) is 4.79 Å². The first-order valence-corrected chi connectivity index (χ1v) is 6.27. The van der Waals surface area contributed by atoms with E-state index in [1.54, 1.807) is 0 Å². The lowest BCUT2D eigenvalue weighted by Crippen LogP contribution is -2.61. The fourth-order valence-corrected chi connectivity index (χ4v) is 3.30. The highest BCUT2D eigenvalue weighted by Gasteiger charge is 2.56. The summed E-state index contributed by atoms with van der Waals surface area (Å²) in [4.78, 5) is 11.6. The Morgan fingerprint density at radius 2 is 1.75 bits per heavy atom. The van der Waals surface area contributed by atoms with Crippen molar-refractivity contribution in [1.29, 1.82) is 0 Å². The number of carboxylic acid groups (broad SMARTS) is 1. The van der Waals surface area contributed by atoms with E-state index in [1.807, 2.05) is 0 Å². The highest BCUT2D eigenvalue weighted by atomic mass is 16.4. The molecule has 3 N–H and O–H groups in total. The highest BCUT2D eigenvalue weighted by Crippen LogP contribution is 2.46. The predicted molar refractivity (Wildman–Crippen MR) is 60.2 cm³/mol. The van der Waals surface area contributed by atoms with Crippen molar-refractivity contribution in [2.24, 2.45) is 5.41 Å². The molecule has 1 aliphatic carbocycles. The average Bonchev–Trinajstić information content (AvgIpc) is 2.30. The number of carbonyl (C=O) groups is 1. The number of carboxylic acids is 1. The fourth-order valence-electron chi connectivity index (χ4n) is 3.30. The number of piperidine rings is 1. The number of aliphatic carboxylic acids is 1. The Labute approximate surface area is 96.0 Å². The first kappa shape index (κ1) is 11.9. The molecule has 0 amide bonds. The molecule has 0 radical (unpaired) electrons. The molecule has 16 heavy (non-hydrogen) atoms. The summed E-state index contributed by atoms with van der Waals surface area (Å²) in [7, 11) is 0. The Balaban J connectivity index is 2.26. The van der Waals surface area contributed by atoms with E-state index in [1.165, 1.54) is 0 Å². The third-order valence-corrected chi connectivity index (χ3v) is 4.36. The normalized spacial score (nSPS) is 34.6. The average molecular weight is 227 g/mol. The molecule has 0 aromatic carbocycles. The van der Waals surface area contributed by atoms with Crippen molar-refractivity contribution in [3.05, 3.63) is 0 Å². The molecule has 0 spiro atoms. The molecule has 1 aliphatic heterocycles. The van der Waals surface area contributed by atoms with Crippen LogP contribution in [-0.4, -0.2) is 34.9 Å². The second-order valence-electron chi connectivity index (χ2n) is 5.26. The molecule has 1 saturated carbocycles. The van der Waals surface area contributed by atoms with Gasteiger partial charge in [-0.1, -0.05) is 19.3 Å².